The van der Waals surface area contributed by atoms with Gasteiger partial charge in [-0.2, -0.15) is 0 Å². The summed E-state index contributed by atoms with van der Waals surface area (Å²) in [4.78, 5) is 6.04. The van der Waals surface area contributed by atoms with Crippen molar-refractivity contribution in [2.24, 2.45) is 0 Å². The Morgan fingerprint density at radius 2 is 2.00 bits per heavy atom. The number of rotatable bonds is 1. The molecule has 0 radical (unpaired) electrons. The monoisotopic (exact) mass is 162 g/mol. The van der Waals surface area contributed by atoms with Gasteiger partial charge in [0, 0.05) is 18.1 Å². The number of hydrogen-bond acceptors (Lipinski definition) is 2. The van der Waals surface area contributed by atoms with E-state index in [2.05, 4.69) is 9.97 Å². The van der Waals surface area contributed by atoms with Gasteiger partial charge in [0.25, 0.3) is 0 Å². The Labute approximate surface area is 69.6 Å². The molecule has 2 aromatic rings. The molecule has 4 heteroatoms. The van der Waals surface area contributed by atoms with Crippen LogP contribution in [0.1, 0.15) is 0 Å². The Bertz CT molecular complexity index is 385. The zero-order chi connectivity index (χ0) is 8.55. The first kappa shape index (κ1) is 6.84. The van der Waals surface area contributed by atoms with Crippen LogP contribution in [0.3, 0.4) is 0 Å². The molecule has 2 rings (SSSR count). The topological polar surface area (TPSA) is 83.6 Å². The summed E-state index contributed by atoms with van der Waals surface area (Å²) in [6.07, 6.45) is 3.53. The van der Waals surface area contributed by atoms with Crippen LogP contribution in [0.5, 0.6) is 0 Å². The molecule has 0 atom stereocenters. The van der Waals surface area contributed by atoms with E-state index in [9.17, 15) is 0 Å². The second-order valence-electron chi connectivity index (χ2n) is 2.65. The van der Waals surface area contributed by atoms with Crippen LogP contribution < -0.4 is 11.5 Å². The second kappa shape index (κ2) is 2.34. The van der Waals surface area contributed by atoms with Gasteiger partial charge in [-0.25, -0.2) is 0 Å². The van der Waals surface area contributed by atoms with Crippen molar-refractivity contribution in [3.63, 3.8) is 0 Å². The van der Waals surface area contributed by atoms with Crippen LogP contribution in [0.15, 0.2) is 24.5 Å². The zero-order valence-electron chi connectivity index (χ0n) is 6.46. The van der Waals surface area contributed by atoms with Gasteiger partial charge in [-0.15, -0.1) is 0 Å². The Kier molecular flexibility index (Phi) is 1.33. The Morgan fingerprint density at radius 1 is 1.17 bits per heavy atom. The third-order valence-corrected chi connectivity index (χ3v) is 1.75. The van der Waals surface area contributed by atoms with Crippen LogP contribution in [-0.2, 0) is 0 Å². The lowest BCUT2D eigenvalue weighted by molar-refractivity contribution is 1.33. The van der Waals surface area contributed by atoms with Crippen LogP contribution in [0.2, 0.25) is 0 Å². The highest BCUT2D eigenvalue weighted by atomic mass is 14.8. The SMILES string of the molecule is Nc1c[nH]c(-c2[nH]ccc2N)c1. The number of nitrogens with two attached hydrogens (primary N) is 2. The molecule has 0 unspecified atom stereocenters. The summed E-state index contributed by atoms with van der Waals surface area (Å²) >= 11 is 0. The highest BCUT2D eigenvalue weighted by molar-refractivity contribution is 5.72. The maximum atomic E-state index is 5.69. The molecular weight excluding hydrogens is 152 g/mol. The molecule has 0 bridgehead atoms. The molecule has 0 fully saturated rings. The number of nitrogens with one attached hydrogen (secondary N) is 2. The molecular formula is C8H10N4. The summed E-state index contributed by atoms with van der Waals surface area (Å²) in [6, 6.07) is 3.65. The Hall–Kier alpha value is -1.84. The summed E-state index contributed by atoms with van der Waals surface area (Å²) in [7, 11) is 0. The third kappa shape index (κ3) is 0.934. The van der Waals surface area contributed by atoms with Gasteiger partial charge in [0.2, 0.25) is 0 Å². The molecule has 62 valence electrons. The van der Waals surface area contributed by atoms with E-state index in [-0.39, 0.29) is 0 Å². The summed E-state index contributed by atoms with van der Waals surface area (Å²) in [5.74, 6) is 0. The van der Waals surface area contributed by atoms with Gasteiger partial charge in [0.1, 0.15) is 0 Å². The zero-order valence-corrected chi connectivity index (χ0v) is 6.46. The summed E-state index contributed by atoms with van der Waals surface area (Å²) in [6.45, 7) is 0. The molecule has 4 nitrogen and oxygen atoms in total. The number of aromatic nitrogens is 2. The predicted octanol–water partition coefficient (Wildman–Crippen LogP) is 1.17. The second-order valence-corrected chi connectivity index (χ2v) is 2.65. The van der Waals surface area contributed by atoms with Gasteiger partial charge in [-0.3, -0.25) is 0 Å². The van der Waals surface area contributed by atoms with Crippen LogP contribution >= 0.6 is 0 Å². The molecule has 12 heavy (non-hydrogen) atoms. The number of H-pyrrole nitrogens is 2. The maximum Gasteiger partial charge on any atom is 0.0853 e. The van der Waals surface area contributed by atoms with Gasteiger partial charge >= 0.3 is 0 Å². The minimum absolute atomic E-state index is 0.707. The van der Waals surface area contributed by atoms with Gasteiger partial charge < -0.3 is 21.4 Å². The van der Waals surface area contributed by atoms with Crippen molar-refractivity contribution in [1.29, 1.82) is 0 Å². The third-order valence-electron chi connectivity index (χ3n) is 1.75. The van der Waals surface area contributed by atoms with Gasteiger partial charge in [0.05, 0.1) is 17.1 Å². The van der Waals surface area contributed by atoms with E-state index in [1.54, 1.807) is 12.4 Å². The lowest BCUT2D eigenvalue weighted by Gasteiger charge is -1.94. The number of hydrogen-bond donors (Lipinski definition) is 4. The normalized spacial score (nSPS) is 10.3. The summed E-state index contributed by atoms with van der Waals surface area (Å²) in [5, 5.41) is 0. The quantitative estimate of drug-likeness (QED) is 0.507. The van der Waals surface area contributed by atoms with Gasteiger partial charge in [-0.05, 0) is 12.1 Å². The first-order valence-corrected chi connectivity index (χ1v) is 3.64. The number of anilines is 2. The standard InChI is InChI=1S/C8H10N4/c9-5-3-7(12-4-5)8-6(10)1-2-11-8/h1-4,11-12H,9-10H2. The molecule has 2 heterocycles. The van der Waals surface area contributed by atoms with Crippen molar-refractivity contribution in [1.82, 2.24) is 9.97 Å². The summed E-state index contributed by atoms with van der Waals surface area (Å²) < 4.78 is 0. The fraction of sp³-hybridized carbons (Fsp3) is 0. The van der Waals surface area contributed by atoms with Crippen molar-refractivity contribution < 1.29 is 0 Å². The maximum absolute atomic E-state index is 5.69. The average molecular weight is 162 g/mol. The van der Waals surface area contributed by atoms with Crippen molar-refractivity contribution in [3.8, 4) is 11.4 Å². The van der Waals surface area contributed by atoms with Crippen molar-refractivity contribution in [3.05, 3.63) is 24.5 Å². The molecule has 0 aliphatic heterocycles. The largest absolute Gasteiger partial charge is 0.397 e. The number of nitrogen functional groups attached to an aromatic ring is 2. The number of aromatic amines is 2. The predicted molar refractivity (Wildman–Crippen MR) is 49.4 cm³/mol. The first-order chi connectivity index (χ1) is 5.77. The highest BCUT2D eigenvalue weighted by Gasteiger charge is 2.04. The molecule has 0 amide bonds. The molecule has 0 aromatic carbocycles. The average Bonchev–Trinajstić information content (AvgIpc) is 2.58. The fourth-order valence-corrected chi connectivity index (χ4v) is 1.17. The molecule has 0 aliphatic rings. The van der Waals surface area contributed by atoms with E-state index in [4.69, 9.17) is 11.5 Å². The lowest BCUT2D eigenvalue weighted by Crippen LogP contribution is -1.85. The minimum Gasteiger partial charge on any atom is -0.397 e. The Morgan fingerprint density at radius 3 is 2.50 bits per heavy atom. The van der Waals surface area contributed by atoms with Gasteiger partial charge in [-0.1, -0.05) is 0 Å². The van der Waals surface area contributed by atoms with Gasteiger partial charge in [0.15, 0.2) is 0 Å². The molecule has 6 N–H and O–H groups in total. The molecule has 0 aliphatic carbocycles. The molecule has 0 saturated heterocycles. The highest BCUT2D eigenvalue weighted by Crippen LogP contribution is 2.23. The van der Waals surface area contributed by atoms with Crippen LogP contribution in [0.4, 0.5) is 11.4 Å². The molecule has 0 saturated carbocycles. The van der Waals surface area contributed by atoms with E-state index < -0.39 is 0 Å². The van der Waals surface area contributed by atoms with Crippen molar-refractivity contribution in [2.75, 3.05) is 11.5 Å². The van der Waals surface area contributed by atoms with Crippen LogP contribution in [-0.4, -0.2) is 9.97 Å². The molecule has 0 spiro atoms. The van der Waals surface area contributed by atoms with E-state index in [0.717, 1.165) is 17.1 Å². The smallest absolute Gasteiger partial charge is 0.0853 e. The van der Waals surface area contributed by atoms with Crippen LogP contribution in [0.25, 0.3) is 11.4 Å². The summed E-state index contributed by atoms with van der Waals surface area (Å²) in [5.41, 5.74) is 14.5. The fourth-order valence-electron chi connectivity index (χ4n) is 1.17. The first-order valence-electron chi connectivity index (χ1n) is 3.64. The van der Waals surface area contributed by atoms with Crippen molar-refractivity contribution in [2.45, 2.75) is 0 Å². The van der Waals surface area contributed by atoms with E-state index >= 15 is 0 Å². The lowest BCUT2D eigenvalue weighted by atomic mass is 10.3. The van der Waals surface area contributed by atoms with Crippen LogP contribution in [0, 0.1) is 0 Å². The van der Waals surface area contributed by atoms with E-state index in [0.29, 0.717) is 5.69 Å². The van der Waals surface area contributed by atoms with Crippen molar-refractivity contribution >= 4 is 11.4 Å². The van der Waals surface area contributed by atoms with E-state index in [1.165, 1.54) is 0 Å². The Balaban J connectivity index is 2.50. The minimum atomic E-state index is 0.707. The molecule has 2 aromatic heterocycles. The van der Waals surface area contributed by atoms with E-state index in [1.807, 2.05) is 12.1 Å².